The van der Waals surface area contributed by atoms with E-state index in [1.54, 1.807) is 0 Å². The van der Waals surface area contributed by atoms with Crippen molar-refractivity contribution in [1.82, 2.24) is 9.59 Å². The summed E-state index contributed by atoms with van der Waals surface area (Å²) in [6, 6.07) is 11.6. The molecule has 1 aromatic heterocycles. The van der Waals surface area contributed by atoms with Crippen LogP contribution in [-0.2, 0) is 17.6 Å². The Morgan fingerprint density at radius 2 is 1.86 bits per heavy atom. The lowest BCUT2D eigenvalue weighted by Gasteiger charge is -2.04. The lowest BCUT2D eigenvalue weighted by Crippen LogP contribution is -2.06. The van der Waals surface area contributed by atoms with Gasteiger partial charge in [-0.15, -0.1) is 5.10 Å². The molecule has 3 aromatic rings. The second-order valence-electron chi connectivity index (χ2n) is 5.05. The van der Waals surface area contributed by atoms with E-state index in [1.807, 2.05) is 43.3 Å². The first-order chi connectivity index (χ1) is 10.1. The summed E-state index contributed by atoms with van der Waals surface area (Å²) in [5, 5.41) is 4.70. The number of carbonyl (C=O) groups excluding carboxylic acids is 1. The van der Waals surface area contributed by atoms with Gasteiger partial charge in [0.25, 0.3) is 0 Å². The monoisotopic (exact) mass is 316 g/mol. The Kier molecular flexibility index (Phi) is 3.99. The standard InChI is InChI=1S/C16H13ClN2OS/c1-10-2-3-11(8-14(10)17)6-13(20)7-12-4-5-15-16(9-12)21-19-18-15/h2-5,8-9H,6-7H2,1H3. The molecule has 0 unspecified atom stereocenters. The Hall–Kier alpha value is -1.78. The zero-order valence-corrected chi connectivity index (χ0v) is 13.0. The molecule has 0 fully saturated rings. The molecule has 0 saturated heterocycles. The summed E-state index contributed by atoms with van der Waals surface area (Å²) >= 11 is 7.43. The quantitative estimate of drug-likeness (QED) is 0.730. The summed E-state index contributed by atoms with van der Waals surface area (Å²) in [6.45, 7) is 1.95. The minimum absolute atomic E-state index is 0.173. The highest BCUT2D eigenvalue weighted by molar-refractivity contribution is 7.12. The molecule has 0 saturated carbocycles. The number of hydrogen-bond donors (Lipinski definition) is 0. The molecule has 106 valence electrons. The van der Waals surface area contributed by atoms with Crippen molar-refractivity contribution in [3.63, 3.8) is 0 Å². The molecule has 0 radical (unpaired) electrons. The summed E-state index contributed by atoms with van der Waals surface area (Å²) in [5.74, 6) is 0.173. The van der Waals surface area contributed by atoms with Gasteiger partial charge >= 0.3 is 0 Å². The number of nitrogens with zero attached hydrogens (tertiary/aromatic N) is 2. The topological polar surface area (TPSA) is 42.9 Å². The highest BCUT2D eigenvalue weighted by atomic mass is 35.5. The zero-order valence-electron chi connectivity index (χ0n) is 11.5. The van der Waals surface area contributed by atoms with Crippen LogP contribution in [0, 0.1) is 6.92 Å². The van der Waals surface area contributed by atoms with Crippen LogP contribution >= 0.6 is 23.1 Å². The van der Waals surface area contributed by atoms with Gasteiger partial charge in [0, 0.05) is 17.9 Å². The van der Waals surface area contributed by atoms with Gasteiger partial charge < -0.3 is 0 Å². The van der Waals surface area contributed by atoms with Gasteiger partial charge in [-0.2, -0.15) is 0 Å². The van der Waals surface area contributed by atoms with Crippen LogP contribution in [-0.4, -0.2) is 15.4 Å². The molecule has 0 atom stereocenters. The maximum atomic E-state index is 12.2. The van der Waals surface area contributed by atoms with Gasteiger partial charge in [0.2, 0.25) is 0 Å². The molecule has 0 aliphatic rings. The maximum absolute atomic E-state index is 12.2. The summed E-state index contributed by atoms with van der Waals surface area (Å²) in [6.07, 6.45) is 0.818. The third kappa shape index (κ3) is 3.28. The third-order valence-corrected chi connectivity index (χ3v) is 4.44. The number of ketones is 1. The molecule has 1 heterocycles. The van der Waals surface area contributed by atoms with Crippen LogP contribution in [0.4, 0.5) is 0 Å². The van der Waals surface area contributed by atoms with E-state index in [0.717, 1.165) is 26.9 Å². The lowest BCUT2D eigenvalue weighted by molar-refractivity contribution is -0.117. The van der Waals surface area contributed by atoms with Gasteiger partial charge in [-0.1, -0.05) is 34.3 Å². The van der Waals surface area contributed by atoms with E-state index >= 15 is 0 Å². The van der Waals surface area contributed by atoms with Crippen LogP contribution in [0.1, 0.15) is 16.7 Å². The van der Waals surface area contributed by atoms with Crippen LogP contribution in [0.2, 0.25) is 5.02 Å². The van der Waals surface area contributed by atoms with E-state index in [0.29, 0.717) is 17.9 Å². The highest BCUT2D eigenvalue weighted by Gasteiger charge is 2.08. The lowest BCUT2D eigenvalue weighted by atomic mass is 10.0. The van der Waals surface area contributed by atoms with Crippen molar-refractivity contribution in [3.05, 3.63) is 58.1 Å². The van der Waals surface area contributed by atoms with Crippen LogP contribution in [0.3, 0.4) is 0 Å². The van der Waals surface area contributed by atoms with Crippen molar-refractivity contribution >= 4 is 39.1 Å². The predicted octanol–water partition coefficient (Wildman–Crippen LogP) is 4.01. The molecule has 3 nitrogen and oxygen atoms in total. The highest BCUT2D eigenvalue weighted by Crippen LogP contribution is 2.19. The van der Waals surface area contributed by atoms with Crippen LogP contribution < -0.4 is 0 Å². The van der Waals surface area contributed by atoms with Gasteiger partial charge in [0.1, 0.15) is 11.3 Å². The Morgan fingerprint density at radius 1 is 1.14 bits per heavy atom. The summed E-state index contributed by atoms with van der Waals surface area (Å²) < 4.78 is 4.91. The Morgan fingerprint density at radius 3 is 2.62 bits per heavy atom. The van der Waals surface area contributed by atoms with Crippen molar-refractivity contribution < 1.29 is 4.79 Å². The van der Waals surface area contributed by atoms with Gasteiger partial charge in [-0.05, 0) is 53.3 Å². The number of aromatic nitrogens is 2. The minimum Gasteiger partial charge on any atom is -0.299 e. The second kappa shape index (κ2) is 5.92. The van der Waals surface area contributed by atoms with Crippen molar-refractivity contribution in [1.29, 1.82) is 0 Å². The van der Waals surface area contributed by atoms with Gasteiger partial charge in [-0.25, -0.2) is 0 Å². The van der Waals surface area contributed by atoms with E-state index in [9.17, 15) is 4.79 Å². The van der Waals surface area contributed by atoms with Gasteiger partial charge in [0.15, 0.2) is 0 Å². The average molecular weight is 317 g/mol. The van der Waals surface area contributed by atoms with Gasteiger partial charge in [0.05, 0.1) is 4.70 Å². The summed E-state index contributed by atoms with van der Waals surface area (Å²) in [5.41, 5.74) is 3.85. The van der Waals surface area contributed by atoms with Crippen molar-refractivity contribution in [2.24, 2.45) is 0 Å². The normalized spacial score (nSPS) is 11.0. The van der Waals surface area contributed by atoms with E-state index < -0.39 is 0 Å². The first-order valence-electron chi connectivity index (χ1n) is 6.59. The van der Waals surface area contributed by atoms with E-state index in [-0.39, 0.29) is 5.78 Å². The van der Waals surface area contributed by atoms with Crippen molar-refractivity contribution in [3.8, 4) is 0 Å². The fraction of sp³-hybridized carbons (Fsp3) is 0.188. The van der Waals surface area contributed by atoms with Gasteiger partial charge in [-0.3, -0.25) is 4.79 Å². The Labute approximate surface area is 131 Å². The van der Waals surface area contributed by atoms with Crippen LogP contribution in [0.15, 0.2) is 36.4 Å². The number of aryl methyl sites for hydroxylation is 1. The molecule has 0 aliphatic carbocycles. The number of halogens is 1. The number of Topliss-reactive ketones (excluding diaryl/α,β-unsaturated/α-hetero) is 1. The van der Waals surface area contributed by atoms with Crippen LogP contribution in [0.25, 0.3) is 10.2 Å². The van der Waals surface area contributed by atoms with Crippen molar-refractivity contribution in [2.45, 2.75) is 19.8 Å². The molecule has 21 heavy (non-hydrogen) atoms. The average Bonchev–Trinajstić information content (AvgIpc) is 2.90. The molecule has 0 spiro atoms. The maximum Gasteiger partial charge on any atom is 0.141 e. The number of carbonyl (C=O) groups is 1. The first-order valence-corrected chi connectivity index (χ1v) is 7.75. The summed E-state index contributed by atoms with van der Waals surface area (Å²) in [4.78, 5) is 12.2. The molecular formula is C16H13ClN2OS. The molecule has 0 N–H and O–H groups in total. The smallest absolute Gasteiger partial charge is 0.141 e. The number of rotatable bonds is 4. The first kappa shape index (κ1) is 14.2. The number of benzene rings is 2. The largest absolute Gasteiger partial charge is 0.299 e. The fourth-order valence-electron chi connectivity index (χ4n) is 2.20. The molecule has 0 amide bonds. The summed E-state index contributed by atoms with van der Waals surface area (Å²) in [7, 11) is 0. The van der Waals surface area contributed by atoms with E-state index in [1.165, 1.54) is 11.5 Å². The second-order valence-corrected chi connectivity index (χ2v) is 6.24. The minimum atomic E-state index is 0.173. The molecule has 0 bridgehead atoms. The van der Waals surface area contributed by atoms with Crippen LogP contribution in [0.5, 0.6) is 0 Å². The zero-order chi connectivity index (χ0) is 14.8. The Bertz CT molecular complexity index is 813. The molecule has 2 aromatic carbocycles. The van der Waals surface area contributed by atoms with Crippen molar-refractivity contribution in [2.75, 3.05) is 0 Å². The molecule has 3 rings (SSSR count). The number of fused-ring (bicyclic) bond motifs is 1. The Balaban J connectivity index is 1.71. The predicted molar refractivity (Wildman–Crippen MR) is 86.0 cm³/mol. The fourth-order valence-corrected chi connectivity index (χ4v) is 3.02. The van der Waals surface area contributed by atoms with E-state index in [4.69, 9.17) is 11.6 Å². The third-order valence-electron chi connectivity index (χ3n) is 3.35. The SMILES string of the molecule is Cc1ccc(CC(=O)Cc2ccc3nnsc3c2)cc1Cl. The molecular weight excluding hydrogens is 304 g/mol. The molecule has 5 heteroatoms. The van der Waals surface area contributed by atoms with E-state index in [2.05, 4.69) is 9.59 Å². The molecule has 0 aliphatic heterocycles. The number of hydrogen-bond acceptors (Lipinski definition) is 4.